The quantitative estimate of drug-likeness (QED) is 0.342. The van der Waals surface area contributed by atoms with Gasteiger partial charge in [0.15, 0.2) is 5.84 Å². The first-order chi connectivity index (χ1) is 9.63. The van der Waals surface area contributed by atoms with Gasteiger partial charge in [0.2, 0.25) is 0 Å². The first kappa shape index (κ1) is 14.9. The van der Waals surface area contributed by atoms with Gasteiger partial charge in [-0.3, -0.25) is 0 Å². The van der Waals surface area contributed by atoms with Crippen molar-refractivity contribution in [2.75, 3.05) is 0 Å². The minimum atomic E-state index is 0.174. The predicted octanol–water partition coefficient (Wildman–Crippen LogP) is 2.70. The summed E-state index contributed by atoms with van der Waals surface area (Å²) in [4.78, 5) is 0. The summed E-state index contributed by atoms with van der Waals surface area (Å²) in [6.45, 7) is 5.42. The Morgan fingerprint density at radius 3 is 2.85 bits per heavy atom. The van der Waals surface area contributed by atoms with Crippen LogP contribution < -0.4 is 11.1 Å². The number of hydrogen-bond acceptors (Lipinski definition) is 3. The average Bonchev–Trinajstić information content (AvgIpc) is 2.48. The zero-order valence-corrected chi connectivity index (χ0v) is 12.3. The lowest BCUT2D eigenvalue weighted by molar-refractivity contribution is 0.206. The maximum absolute atomic E-state index is 8.85. The van der Waals surface area contributed by atoms with Crippen molar-refractivity contribution in [2.24, 2.45) is 22.7 Å². The largest absolute Gasteiger partial charge is 0.409 e. The number of benzene rings is 1. The van der Waals surface area contributed by atoms with Gasteiger partial charge in [-0.1, -0.05) is 56.1 Å². The smallest absolute Gasteiger partial charge is 0.170 e. The molecule has 0 amide bonds. The van der Waals surface area contributed by atoms with E-state index in [0.29, 0.717) is 12.0 Å². The molecule has 0 aliphatic heterocycles. The molecule has 4 nitrogen and oxygen atoms in total. The van der Waals surface area contributed by atoms with E-state index in [1.807, 2.05) is 24.3 Å². The first-order valence-electron chi connectivity index (χ1n) is 7.42. The molecule has 1 aromatic carbocycles. The summed E-state index contributed by atoms with van der Waals surface area (Å²) in [5.41, 5.74) is 7.61. The summed E-state index contributed by atoms with van der Waals surface area (Å²) in [7, 11) is 0. The molecular weight excluding hydrogens is 250 g/mol. The van der Waals surface area contributed by atoms with Crippen LogP contribution >= 0.6 is 0 Å². The van der Waals surface area contributed by atoms with Gasteiger partial charge in [-0.2, -0.15) is 0 Å². The molecule has 4 N–H and O–H groups in total. The zero-order chi connectivity index (χ0) is 14.5. The van der Waals surface area contributed by atoms with Gasteiger partial charge in [0.25, 0.3) is 0 Å². The summed E-state index contributed by atoms with van der Waals surface area (Å²) in [5, 5.41) is 15.6. The fourth-order valence-electron chi connectivity index (χ4n) is 3.09. The number of hydrogen-bond donors (Lipinski definition) is 3. The van der Waals surface area contributed by atoms with Gasteiger partial charge in [0.1, 0.15) is 0 Å². The molecule has 2 rings (SSSR count). The molecule has 1 saturated carbocycles. The van der Waals surface area contributed by atoms with Crippen LogP contribution in [0.1, 0.15) is 44.2 Å². The number of nitrogens with zero attached hydrogens (tertiary/aromatic N) is 1. The minimum absolute atomic E-state index is 0.174. The van der Waals surface area contributed by atoms with Crippen LogP contribution in [0.5, 0.6) is 0 Å². The topological polar surface area (TPSA) is 70.6 Å². The van der Waals surface area contributed by atoms with Crippen molar-refractivity contribution in [1.82, 2.24) is 5.32 Å². The molecule has 0 heterocycles. The van der Waals surface area contributed by atoms with Gasteiger partial charge in [0.05, 0.1) is 0 Å². The van der Waals surface area contributed by atoms with Crippen LogP contribution in [-0.4, -0.2) is 17.1 Å². The molecule has 1 aliphatic carbocycles. The molecule has 0 spiro atoms. The second kappa shape index (κ2) is 6.75. The summed E-state index contributed by atoms with van der Waals surface area (Å²) < 4.78 is 0. The van der Waals surface area contributed by atoms with E-state index in [0.717, 1.165) is 23.6 Å². The van der Waals surface area contributed by atoms with Gasteiger partial charge >= 0.3 is 0 Å². The predicted molar refractivity (Wildman–Crippen MR) is 81.8 cm³/mol. The van der Waals surface area contributed by atoms with Crippen LogP contribution in [0.2, 0.25) is 0 Å². The van der Waals surface area contributed by atoms with Crippen molar-refractivity contribution in [2.45, 2.75) is 45.7 Å². The molecular formula is C16H25N3O. The maximum Gasteiger partial charge on any atom is 0.170 e. The summed E-state index contributed by atoms with van der Waals surface area (Å²) in [6, 6.07) is 8.36. The van der Waals surface area contributed by atoms with E-state index in [4.69, 9.17) is 10.9 Å². The lowest BCUT2D eigenvalue weighted by atomic mass is 9.78. The Morgan fingerprint density at radius 2 is 2.10 bits per heavy atom. The third-order valence-corrected chi connectivity index (χ3v) is 4.66. The van der Waals surface area contributed by atoms with E-state index >= 15 is 0 Å². The van der Waals surface area contributed by atoms with Gasteiger partial charge in [-0.15, -0.1) is 0 Å². The summed E-state index contributed by atoms with van der Waals surface area (Å²) >= 11 is 0. The van der Waals surface area contributed by atoms with Crippen molar-refractivity contribution < 1.29 is 5.21 Å². The van der Waals surface area contributed by atoms with Crippen molar-refractivity contribution >= 4 is 5.84 Å². The van der Waals surface area contributed by atoms with Crippen molar-refractivity contribution in [3.05, 3.63) is 35.4 Å². The van der Waals surface area contributed by atoms with Crippen molar-refractivity contribution in [1.29, 1.82) is 0 Å². The van der Waals surface area contributed by atoms with Crippen LogP contribution in [0.25, 0.3) is 0 Å². The highest BCUT2D eigenvalue weighted by Gasteiger charge is 2.26. The second-order valence-corrected chi connectivity index (χ2v) is 5.90. The van der Waals surface area contributed by atoms with Crippen LogP contribution in [0.15, 0.2) is 29.4 Å². The standard InChI is InChI=1S/C16H25N3O/c1-11-6-5-9-15(12(11)2)18-10-13-7-3-4-8-14(13)16(17)19-20/h3-4,7-8,11-12,15,18,20H,5-6,9-10H2,1-2H3,(H2,17,19). The van der Waals surface area contributed by atoms with E-state index in [1.165, 1.54) is 19.3 Å². The van der Waals surface area contributed by atoms with Gasteiger partial charge in [0, 0.05) is 18.2 Å². The number of nitrogens with one attached hydrogen (secondary N) is 1. The summed E-state index contributed by atoms with van der Waals surface area (Å²) in [6.07, 6.45) is 3.86. The highest BCUT2D eigenvalue weighted by Crippen LogP contribution is 2.29. The average molecular weight is 275 g/mol. The lowest BCUT2D eigenvalue weighted by Crippen LogP contribution is -2.40. The normalized spacial score (nSPS) is 27.5. The Balaban J connectivity index is 2.04. The molecule has 1 aromatic rings. The highest BCUT2D eigenvalue weighted by atomic mass is 16.4. The molecule has 3 atom stereocenters. The van der Waals surface area contributed by atoms with Crippen molar-refractivity contribution in [3.8, 4) is 0 Å². The number of nitrogens with two attached hydrogens (primary N) is 1. The lowest BCUT2D eigenvalue weighted by Gasteiger charge is -2.35. The second-order valence-electron chi connectivity index (χ2n) is 5.90. The maximum atomic E-state index is 8.85. The molecule has 0 aromatic heterocycles. The monoisotopic (exact) mass is 275 g/mol. The zero-order valence-electron chi connectivity index (χ0n) is 12.3. The fourth-order valence-corrected chi connectivity index (χ4v) is 3.09. The molecule has 4 heteroatoms. The van der Waals surface area contributed by atoms with Crippen molar-refractivity contribution in [3.63, 3.8) is 0 Å². The van der Waals surface area contributed by atoms with Gasteiger partial charge in [-0.05, 0) is 23.8 Å². The van der Waals surface area contributed by atoms with E-state index in [9.17, 15) is 0 Å². The summed E-state index contributed by atoms with van der Waals surface area (Å²) in [5.74, 6) is 1.65. The van der Waals surface area contributed by atoms with Gasteiger partial charge < -0.3 is 16.3 Å². The number of oxime groups is 1. The van der Waals surface area contributed by atoms with E-state index in [-0.39, 0.29) is 5.84 Å². The Morgan fingerprint density at radius 1 is 1.35 bits per heavy atom. The Kier molecular flexibility index (Phi) is 5.01. The van der Waals surface area contributed by atoms with Crippen LogP contribution in [0, 0.1) is 11.8 Å². The van der Waals surface area contributed by atoms with Crippen LogP contribution in [0.3, 0.4) is 0 Å². The molecule has 1 fully saturated rings. The third-order valence-electron chi connectivity index (χ3n) is 4.66. The van der Waals surface area contributed by atoms with E-state index in [2.05, 4.69) is 24.3 Å². The Hall–Kier alpha value is -1.55. The SMILES string of the molecule is CC1CCCC(NCc2ccccc2C(N)=NO)C1C. The highest BCUT2D eigenvalue weighted by molar-refractivity contribution is 5.98. The molecule has 0 bridgehead atoms. The number of rotatable bonds is 4. The molecule has 0 saturated heterocycles. The van der Waals surface area contributed by atoms with E-state index < -0.39 is 0 Å². The Labute approximate surface area is 121 Å². The molecule has 3 unspecified atom stereocenters. The number of amidine groups is 1. The fraction of sp³-hybridized carbons (Fsp3) is 0.562. The first-order valence-corrected chi connectivity index (χ1v) is 7.42. The van der Waals surface area contributed by atoms with Crippen LogP contribution in [-0.2, 0) is 6.54 Å². The minimum Gasteiger partial charge on any atom is -0.409 e. The van der Waals surface area contributed by atoms with Crippen LogP contribution in [0.4, 0.5) is 0 Å². The van der Waals surface area contributed by atoms with E-state index in [1.54, 1.807) is 0 Å². The molecule has 0 radical (unpaired) electrons. The molecule has 110 valence electrons. The third kappa shape index (κ3) is 3.31. The van der Waals surface area contributed by atoms with Gasteiger partial charge in [-0.25, -0.2) is 0 Å². The molecule has 20 heavy (non-hydrogen) atoms. The Bertz CT molecular complexity index is 473. The molecule has 1 aliphatic rings.